The Bertz CT molecular complexity index is 247. The van der Waals surface area contributed by atoms with Gasteiger partial charge in [-0.3, -0.25) is 0 Å². The molecule has 0 spiro atoms. The van der Waals surface area contributed by atoms with Crippen molar-refractivity contribution in [2.45, 2.75) is 0 Å². The lowest BCUT2D eigenvalue weighted by atomic mass is 10.3. The van der Waals surface area contributed by atoms with Crippen LogP contribution in [0.25, 0.3) is 0 Å². The zero-order valence-electron chi connectivity index (χ0n) is 6.57. The van der Waals surface area contributed by atoms with Crippen LogP contribution in [-0.2, 0) is 0 Å². The van der Waals surface area contributed by atoms with E-state index in [-0.39, 0.29) is 0 Å². The molecule has 0 unspecified atom stereocenters. The number of hydrogen-bond acceptors (Lipinski definition) is 3. The van der Waals surface area contributed by atoms with E-state index in [0.717, 1.165) is 0 Å². The van der Waals surface area contributed by atoms with Crippen LogP contribution in [0.4, 0.5) is 0 Å². The van der Waals surface area contributed by atoms with Gasteiger partial charge in [0.15, 0.2) is 0 Å². The fourth-order valence-electron chi connectivity index (χ4n) is 0.514. The molecule has 3 nitrogen and oxygen atoms in total. The van der Waals surface area contributed by atoms with Crippen molar-refractivity contribution in [3.05, 3.63) is 23.9 Å². The Hall–Kier alpha value is -1.74. The van der Waals surface area contributed by atoms with Gasteiger partial charge in [0.2, 0.25) is 0 Å². The SMILES string of the molecule is CN(C)/C=C(C#N)/C=C/C#N. The monoisotopic (exact) mass is 147 g/mol. The largest absolute Gasteiger partial charge is 0.382 e. The van der Waals surface area contributed by atoms with Gasteiger partial charge < -0.3 is 4.90 Å². The molecule has 0 aromatic rings. The molecular formula is C8H9N3. The first-order valence-corrected chi connectivity index (χ1v) is 3.05. The van der Waals surface area contributed by atoms with Gasteiger partial charge in [-0.1, -0.05) is 0 Å². The molecule has 56 valence electrons. The van der Waals surface area contributed by atoms with E-state index >= 15 is 0 Å². The highest BCUT2D eigenvalue weighted by molar-refractivity contribution is 5.34. The molecule has 0 aliphatic rings. The van der Waals surface area contributed by atoms with E-state index in [1.54, 1.807) is 11.1 Å². The van der Waals surface area contributed by atoms with Crippen molar-refractivity contribution in [3.8, 4) is 12.1 Å². The van der Waals surface area contributed by atoms with E-state index in [2.05, 4.69) is 0 Å². The van der Waals surface area contributed by atoms with E-state index in [9.17, 15) is 0 Å². The normalized spacial score (nSPS) is 10.7. The van der Waals surface area contributed by atoms with Gasteiger partial charge in [-0.2, -0.15) is 10.5 Å². The summed E-state index contributed by atoms with van der Waals surface area (Å²) in [5.41, 5.74) is 0.469. The van der Waals surface area contributed by atoms with Crippen molar-refractivity contribution in [3.63, 3.8) is 0 Å². The maximum atomic E-state index is 8.50. The zero-order chi connectivity index (χ0) is 8.69. The van der Waals surface area contributed by atoms with Crippen molar-refractivity contribution >= 4 is 0 Å². The second-order valence-corrected chi connectivity index (χ2v) is 2.12. The van der Waals surface area contributed by atoms with Gasteiger partial charge >= 0.3 is 0 Å². The van der Waals surface area contributed by atoms with Gasteiger partial charge in [0.05, 0.1) is 11.6 Å². The summed E-state index contributed by atoms with van der Waals surface area (Å²) in [6, 6.07) is 3.76. The lowest BCUT2D eigenvalue weighted by Crippen LogP contribution is -2.01. The third kappa shape index (κ3) is 4.74. The molecular weight excluding hydrogens is 138 g/mol. The average molecular weight is 147 g/mol. The Morgan fingerprint density at radius 3 is 2.36 bits per heavy atom. The summed E-state index contributed by atoms with van der Waals surface area (Å²) in [7, 11) is 3.63. The summed E-state index contributed by atoms with van der Waals surface area (Å²) in [5.74, 6) is 0. The van der Waals surface area contributed by atoms with Gasteiger partial charge in [-0.15, -0.1) is 0 Å². The quantitative estimate of drug-likeness (QED) is 0.433. The van der Waals surface area contributed by atoms with Crippen LogP contribution in [0.1, 0.15) is 0 Å². The molecule has 0 amide bonds. The first-order valence-electron chi connectivity index (χ1n) is 3.05. The molecule has 0 N–H and O–H groups in total. The molecule has 0 saturated heterocycles. The Morgan fingerprint density at radius 2 is 2.00 bits per heavy atom. The summed E-state index contributed by atoms with van der Waals surface area (Å²) < 4.78 is 0. The molecule has 0 aliphatic carbocycles. The van der Waals surface area contributed by atoms with Crippen LogP contribution in [0.5, 0.6) is 0 Å². The van der Waals surface area contributed by atoms with Crippen molar-refractivity contribution in [1.29, 1.82) is 10.5 Å². The highest BCUT2D eigenvalue weighted by Crippen LogP contribution is 1.94. The van der Waals surface area contributed by atoms with E-state index in [1.807, 2.05) is 26.2 Å². The third-order valence-electron chi connectivity index (χ3n) is 0.864. The van der Waals surface area contributed by atoms with Crippen molar-refractivity contribution in [1.82, 2.24) is 4.90 Å². The van der Waals surface area contributed by atoms with Crippen LogP contribution in [0.2, 0.25) is 0 Å². The highest BCUT2D eigenvalue weighted by Gasteiger charge is 1.87. The number of nitrogens with zero attached hydrogens (tertiary/aromatic N) is 3. The van der Waals surface area contributed by atoms with Crippen LogP contribution in [-0.4, -0.2) is 19.0 Å². The van der Waals surface area contributed by atoms with Crippen LogP contribution < -0.4 is 0 Å². The number of rotatable bonds is 2. The summed E-state index contributed by atoms with van der Waals surface area (Å²) >= 11 is 0. The Kier molecular flexibility index (Phi) is 4.27. The maximum Gasteiger partial charge on any atom is 0.101 e. The van der Waals surface area contributed by atoms with E-state index in [0.29, 0.717) is 5.57 Å². The minimum Gasteiger partial charge on any atom is -0.382 e. The summed E-state index contributed by atoms with van der Waals surface area (Å²) in [4.78, 5) is 1.75. The number of allylic oxidation sites excluding steroid dienone is 3. The number of nitriles is 2. The first-order chi connectivity index (χ1) is 5.20. The Labute approximate surface area is 66.5 Å². The molecule has 0 rings (SSSR count). The Morgan fingerprint density at radius 1 is 1.36 bits per heavy atom. The van der Waals surface area contributed by atoms with Gasteiger partial charge in [0.1, 0.15) is 6.07 Å². The maximum absolute atomic E-state index is 8.50. The molecule has 0 aliphatic heterocycles. The minimum absolute atomic E-state index is 0.469. The van der Waals surface area contributed by atoms with E-state index in [4.69, 9.17) is 10.5 Å². The minimum atomic E-state index is 0.469. The zero-order valence-corrected chi connectivity index (χ0v) is 6.57. The van der Waals surface area contributed by atoms with E-state index < -0.39 is 0 Å². The second kappa shape index (κ2) is 5.08. The van der Waals surface area contributed by atoms with Gasteiger partial charge in [-0.05, 0) is 6.08 Å². The third-order valence-corrected chi connectivity index (χ3v) is 0.864. The molecule has 3 heteroatoms. The molecule has 0 radical (unpaired) electrons. The lowest BCUT2D eigenvalue weighted by molar-refractivity contribution is 0.561. The van der Waals surface area contributed by atoms with Gasteiger partial charge in [0.25, 0.3) is 0 Å². The van der Waals surface area contributed by atoms with Gasteiger partial charge in [0, 0.05) is 26.4 Å². The molecule has 0 fully saturated rings. The summed E-state index contributed by atoms with van der Waals surface area (Å²) in [6.07, 6.45) is 4.40. The topological polar surface area (TPSA) is 50.8 Å². The number of hydrogen-bond donors (Lipinski definition) is 0. The standard InChI is InChI=1S/C8H9N3/c1-11(2)7-8(6-10)4-3-5-9/h3-4,7H,1-2H3/b4-3+,8-7-. The summed E-state index contributed by atoms with van der Waals surface area (Å²) in [6.45, 7) is 0. The van der Waals surface area contributed by atoms with Crippen LogP contribution in [0, 0.1) is 22.7 Å². The van der Waals surface area contributed by atoms with Gasteiger partial charge in [-0.25, -0.2) is 0 Å². The molecule has 11 heavy (non-hydrogen) atoms. The smallest absolute Gasteiger partial charge is 0.101 e. The lowest BCUT2D eigenvalue weighted by Gasteiger charge is -2.02. The van der Waals surface area contributed by atoms with E-state index in [1.165, 1.54) is 12.2 Å². The molecule has 0 aromatic heterocycles. The fraction of sp³-hybridized carbons (Fsp3) is 0.250. The summed E-state index contributed by atoms with van der Waals surface area (Å²) in [5, 5.41) is 16.7. The van der Waals surface area contributed by atoms with Crippen molar-refractivity contribution in [2.75, 3.05) is 14.1 Å². The molecule has 0 atom stereocenters. The molecule has 0 heterocycles. The first kappa shape index (κ1) is 9.26. The molecule has 0 bridgehead atoms. The fourth-order valence-corrected chi connectivity index (χ4v) is 0.514. The average Bonchev–Trinajstić information content (AvgIpc) is 1.97. The van der Waals surface area contributed by atoms with Crippen molar-refractivity contribution < 1.29 is 0 Å². The van der Waals surface area contributed by atoms with Crippen LogP contribution >= 0.6 is 0 Å². The predicted octanol–water partition coefficient (Wildman–Crippen LogP) is 1.04. The Balaban J connectivity index is 4.35. The van der Waals surface area contributed by atoms with Crippen LogP contribution in [0.15, 0.2) is 23.9 Å². The highest BCUT2D eigenvalue weighted by atomic mass is 15.0. The van der Waals surface area contributed by atoms with Crippen molar-refractivity contribution in [2.24, 2.45) is 0 Å². The molecule has 0 saturated carbocycles. The predicted molar refractivity (Wildman–Crippen MR) is 42.1 cm³/mol. The molecule has 0 aromatic carbocycles. The second-order valence-electron chi connectivity index (χ2n) is 2.12. The van der Waals surface area contributed by atoms with Crippen LogP contribution in [0.3, 0.4) is 0 Å².